The van der Waals surface area contributed by atoms with Gasteiger partial charge in [0.15, 0.2) is 17.4 Å². The van der Waals surface area contributed by atoms with Crippen LogP contribution in [0.5, 0.6) is 0 Å². The van der Waals surface area contributed by atoms with Crippen LogP contribution in [-0.2, 0) is 11.1 Å². The minimum Gasteiger partial charge on any atom is -0.438 e. The Hall–Kier alpha value is -3.04. The number of rotatable bonds is 7. The first-order valence-corrected chi connectivity index (χ1v) is 10.3. The predicted octanol–water partition coefficient (Wildman–Crippen LogP) is 4.96. The Morgan fingerprint density at radius 1 is 1.12 bits per heavy atom. The molecule has 0 aliphatic heterocycles. The van der Waals surface area contributed by atoms with Gasteiger partial charge in [-0.05, 0) is 44.9 Å². The van der Waals surface area contributed by atoms with Crippen molar-refractivity contribution in [2.24, 2.45) is 5.73 Å². The van der Waals surface area contributed by atoms with Crippen molar-refractivity contribution in [2.45, 2.75) is 57.9 Å². The number of hydrogen-bond donors (Lipinski definition) is 2. The maximum Gasteiger partial charge on any atom is 0.422 e. The number of aromatic nitrogens is 2. The van der Waals surface area contributed by atoms with Crippen LogP contribution in [0.3, 0.4) is 0 Å². The van der Waals surface area contributed by atoms with E-state index in [-0.39, 0.29) is 17.3 Å². The highest BCUT2D eigenvalue weighted by atomic mass is 19.4. The summed E-state index contributed by atoms with van der Waals surface area (Å²) >= 11 is 0. The standard InChI is InChI=1S/C24H26F3N3O3/c1-14-5-7-16(8-6-14)18-11-17(22(3,4)28)12-21(30-18)23(32,24(25,26)27)10-9-19(31)20-13-29-15(2)33-20/h5-8,11-13,32H,9-10,28H2,1-4H3. The molecule has 2 heterocycles. The third kappa shape index (κ3) is 5.31. The van der Waals surface area contributed by atoms with Crippen molar-refractivity contribution in [3.8, 4) is 11.3 Å². The van der Waals surface area contributed by atoms with Crippen LogP contribution in [0, 0.1) is 13.8 Å². The fourth-order valence-electron chi connectivity index (χ4n) is 3.31. The van der Waals surface area contributed by atoms with Gasteiger partial charge in [-0.3, -0.25) is 4.79 Å². The van der Waals surface area contributed by atoms with Gasteiger partial charge in [-0.2, -0.15) is 13.2 Å². The average molecular weight is 461 g/mol. The van der Waals surface area contributed by atoms with Crippen LogP contribution < -0.4 is 5.73 Å². The Morgan fingerprint density at radius 3 is 2.27 bits per heavy atom. The highest BCUT2D eigenvalue weighted by Crippen LogP contribution is 2.43. The number of aliphatic hydroxyl groups is 1. The van der Waals surface area contributed by atoms with Gasteiger partial charge in [0, 0.05) is 24.4 Å². The van der Waals surface area contributed by atoms with Crippen molar-refractivity contribution in [1.82, 2.24) is 9.97 Å². The smallest absolute Gasteiger partial charge is 0.422 e. The topological polar surface area (TPSA) is 102 Å². The highest BCUT2D eigenvalue weighted by molar-refractivity contribution is 5.93. The van der Waals surface area contributed by atoms with Crippen LogP contribution in [0.25, 0.3) is 11.3 Å². The van der Waals surface area contributed by atoms with Crippen LogP contribution in [0.1, 0.15) is 60.0 Å². The van der Waals surface area contributed by atoms with Crippen LogP contribution in [-0.4, -0.2) is 27.0 Å². The molecule has 3 N–H and O–H groups in total. The zero-order valence-electron chi connectivity index (χ0n) is 18.8. The van der Waals surface area contributed by atoms with Gasteiger partial charge >= 0.3 is 6.18 Å². The van der Waals surface area contributed by atoms with E-state index >= 15 is 0 Å². The SMILES string of the molecule is Cc1ccc(-c2cc(C(C)(C)N)cc(C(O)(CCC(=O)c3cnc(C)o3)C(F)(F)F)n2)cc1. The number of hydrogen-bond acceptors (Lipinski definition) is 6. The van der Waals surface area contributed by atoms with E-state index in [1.807, 2.05) is 19.1 Å². The molecule has 176 valence electrons. The lowest BCUT2D eigenvalue weighted by molar-refractivity contribution is -0.270. The van der Waals surface area contributed by atoms with Gasteiger partial charge in [-0.15, -0.1) is 0 Å². The molecule has 1 unspecified atom stereocenters. The molecule has 9 heteroatoms. The molecular weight excluding hydrogens is 435 g/mol. The molecule has 0 saturated carbocycles. The lowest BCUT2D eigenvalue weighted by atomic mass is 9.86. The molecule has 0 spiro atoms. The van der Waals surface area contributed by atoms with E-state index in [4.69, 9.17) is 10.2 Å². The van der Waals surface area contributed by atoms with Gasteiger partial charge < -0.3 is 15.3 Å². The van der Waals surface area contributed by atoms with E-state index in [1.165, 1.54) is 6.92 Å². The average Bonchev–Trinajstić information content (AvgIpc) is 3.17. The van der Waals surface area contributed by atoms with Gasteiger partial charge in [0.2, 0.25) is 5.60 Å². The van der Waals surface area contributed by atoms with E-state index < -0.39 is 41.6 Å². The van der Waals surface area contributed by atoms with Crippen LogP contribution in [0.15, 0.2) is 47.0 Å². The number of Topliss-reactive ketones (excluding diaryl/α,β-unsaturated/α-hetero) is 1. The normalized spacial score (nSPS) is 14.2. The molecule has 3 rings (SSSR count). The second kappa shape index (κ2) is 8.72. The predicted molar refractivity (Wildman–Crippen MR) is 116 cm³/mol. The third-order valence-corrected chi connectivity index (χ3v) is 5.42. The number of oxazole rings is 1. The zero-order chi connectivity index (χ0) is 24.6. The number of pyridine rings is 1. The maximum absolute atomic E-state index is 14.2. The molecule has 0 saturated heterocycles. The molecule has 0 bridgehead atoms. The number of carbonyl (C=O) groups excluding carboxylic acids is 1. The number of aryl methyl sites for hydroxylation is 2. The van der Waals surface area contributed by atoms with Crippen LogP contribution in [0.2, 0.25) is 0 Å². The summed E-state index contributed by atoms with van der Waals surface area (Å²) in [7, 11) is 0. The van der Waals surface area contributed by atoms with Gasteiger partial charge in [-0.1, -0.05) is 29.8 Å². The quantitative estimate of drug-likeness (QED) is 0.482. The summed E-state index contributed by atoms with van der Waals surface area (Å²) in [4.78, 5) is 20.3. The summed E-state index contributed by atoms with van der Waals surface area (Å²) in [5.74, 6) is -0.652. The van der Waals surface area contributed by atoms with E-state index in [1.54, 1.807) is 32.0 Å². The first-order valence-electron chi connectivity index (χ1n) is 10.3. The summed E-state index contributed by atoms with van der Waals surface area (Å²) in [6, 6.07) is 9.84. The first kappa shape index (κ1) is 24.6. The third-order valence-electron chi connectivity index (χ3n) is 5.42. The maximum atomic E-state index is 14.2. The number of ketones is 1. The molecule has 0 aliphatic carbocycles. The van der Waals surface area contributed by atoms with E-state index in [0.29, 0.717) is 11.1 Å². The Labute approximate surface area is 189 Å². The summed E-state index contributed by atoms with van der Waals surface area (Å²) < 4.78 is 47.7. The minimum absolute atomic E-state index is 0.165. The zero-order valence-corrected chi connectivity index (χ0v) is 18.8. The summed E-state index contributed by atoms with van der Waals surface area (Å²) in [5.41, 5.74) is 3.33. The van der Waals surface area contributed by atoms with Crippen molar-refractivity contribution in [3.63, 3.8) is 0 Å². The fourth-order valence-corrected chi connectivity index (χ4v) is 3.31. The fraction of sp³-hybridized carbons (Fsp3) is 0.375. The lowest BCUT2D eigenvalue weighted by Crippen LogP contribution is -2.44. The van der Waals surface area contributed by atoms with Gasteiger partial charge in [-0.25, -0.2) is 9.97 Å². The molecule has 1 aromatic carbocycles. The van der Waals surface area contributed by atoms with Gasteiger partial charge in [0.05, 0.1) is 17.6 Å². The molecule has 1 atom stereocenters. The molecule has 0 aliphatic rings. The summed E-state index contributed by atoms with van der Waals surface area (Å²) in [6.45, 7) is 6.69. The lowest BCUT2D eigenvalue weighted by Gasteiger charge is -2.31. The van der Waals surface area contributed by atoms with E-state index in [9.17, 15) is 23.1 Å². The van der Waals surface area contributed by atoms with Crippen LogP contribution >= 0.6 is 0 Å². The Kier molecular flexibility index (Phi) is 6.50. The first-order chi connectivity index (χ1) is 15.2. The molecular formula is C24H26F3N3O3. The van der Waals surface area contributed by atoms with E-state index in [2.05, 4.69) is 9.97 Å². The largest absolute Gasteiger partial charge is 0.438 e. The molecule has 6 nitrogen and oxygen atoms in total. The second-order valence-electron chi connectivity index (χ2n) is 8.74. The number of nitrogens with two attached hydrogens (primary N) is 1. The molecule has 2 aromatic heterocycles. The van der Waals surface area contributed by atoms with Crippen molar-refractivity contribution in [1.29, 1.82) is 0 Å². The summed E-state index contributed by atoms with van der Waals surface area (Å²) in [5, 5.41) is 10.9. The number of carbonyl (C=O) groups is 1. The molecule has 0 radical (unpaired) electrons. The molecule has 3 aromatic rings. The van der Waals surface area contributed by atoms with Crippen molar-refractivity contribution >= 4 is 5.78 Å². The second-order valence-corrected chi connectivity index (χ2v) is 8.74. The van der Waals surface area contributed by atoms with Crippen LogP contribution in [0.4, 0.5) is 13.2 Å². The van der Waals surface area contributed by atoms with Crippen molar-refractivity contribution in [2.75, 3.05) is 0 Å². The van der Waals surface area contributed by atoms with E-state index in [0.717, 1.165) is 17.8 Å². The number of alkyl halides is 3. The minimum atomic E-state index is -5.10. The Morgan fingerprint density at radius 2 is 1.76 bits per heavy atom. The number of benzene rings is 1. The summed E-state index contributed by atoms with van der Waals surface area (Å²) in [6.07, 6.45) is -5.51. The Bertz CT molecular complexity index is 1150. The molecule has 0 amide bonds. The Balaban J connectivity index is 2.08. The van der Waals surface area contributed by atoms with Gasteiger partial charge in [0.1, 0.15) is 0 Å². The van der Waals surface area contributed by atoms with Crippen molar-refractivity contribution in [3.05, 3.63) is 71.1 Å². The van der Waals surface area contributed by atoms with Crippen molar-refractivity contribution < 1.29 is 27.5 Å². The molecule has 33 heavy (non-hydrogen) atoms. The number of nitrogens with zero attached hydrogens (tertiary/aromatic N) is 2. The number of halogens is 3. The molecule has 0 fully saturated rings. The van der Waals surface area contributed by atoms with Gasteiger partial charge in [0.25, 0.3) is 0 Å². The monoisotopic (exact) mass is 461 g/mol. The highest BCUT2D eigenvalue weighted by Gasteiger charge is 2.56.